The van der Waals surface area contributed by atoms with Crippen LogP contribution in [0.25, 0.3) is 0 Å². The minimum absolute atomic E-state index is 0.0361. The fraction of sp³-hybridized carbons (Fsp3) is 0.500. The molecule has 3 N–H and O–H groups in total. The zero-order valence-electron chi connectivity index (χ0n) is 19.1. The molecule has 10 nitrogen and oxygen atoms in total. The summed E-state index contributed by atoms with van der Waals surface area (Å²) in [4.78, 5) is 13.5. The summed E-state index contributed by atoms with van der Waals surface area (Å²) in [6.07, 6.45) is 3.60. The highest BCUT2D eigenvalue weighted by Crippen LogP contribution is 2.37. The lowest BCUT2D eigenvalue weighted by Gasteiger charge is -2.40. The van der Waals surface area contributed by atoms with Crippen LogP contribution in [0.3, 0.4) is 0 Å². The monoisotopic (exact) mass is 526 g/mol. The van der Waals surface area contributed by atoms with Gasteiger partial charge in [0, 0.05) is 31.0 Å². The van der Waals surface area contributed by atoms with Crippen LogP contribution in [-0.2, 0) is 14.6 Å². The molecule has 1 saturated carbocycles. The highest BCUT2D eigenvalue weighted by Gasteiger charge is 2.46. The molecule has 1 aliphatic heterocycles. The standard InChI is InChI=1S/C22H25F3N6O4S/c23-22(24,25)36(33,34)17-4-1-15(2-5-17)28-21-18(20(27)32)13-31(29-21)19-6-3-16(11-14(19)12-26)30-7-9-35-10-8-30/h1-2,4-5,13-14,16,19H,3,6-11H2,(H2,27,32)(H,28,29)/t14-,16+,19?/m1/s1. The Bertz CT molecular complexity index is 1250. The van der Waals surface area contributed by atoms with Crippen molar-refractivity contribution in [3.05, 3.63) is 36.0 Å². The molecule has 36 heavy (non-hydrogen) atoms. The third-order valence-electron chi connectivity index (χ3n) is 6.58. The summed E-state index contributed by atoms with van der Waals surface area (Å²) in [7, 11) is -5.48. The van der Waals surface area contributed by atoms with Gasteiger partial charge in [-0.2, -0.15) is 23.5 Å². The van der Waals surface area contributed by atoms with Crippen LogP contribution in [0.1, 0.15) is 35.7 Å². The van der Waals surface area contributed by atoms with Crippen LogP contribution in [0.15, 0.2) is 35.4 Å². The minimum atomic E-state index is -5.48. The molecule has 1 aliphatic carbocycles. The van der Waals surface area contributed by atoms with Crippen molar-refractivity contribution in [2.24, 2.45) is 11.7 Å². The van der Waals surface area contributed by atoms with Gasteiger partial charge in [-0.25, -0.2) is 8.42 Å². The number of amides is 1. The van der Waals surface area contributed by atoms with Gasteiger partial charge in [0.05, 0.1) is 36.1 Å². The Labute approximate surface area is 205 Å². The van der Waals surface area contributed by atoms with E-state index in [1.807, 2.05) is 0 Å². The molecule has 1 unspecified atom stereocenters. The number of halogens is 3. The molecule has 3 atom stereocenters. The third kappa shape index (κ3) is 5.18. The highest BCUT2D eigenvalue weighted by molar-refractivity contribution is 7.92. The number of primary amides is 1. The molecule has 2 aromatic rings. The van der Waals surface area contributed by atoms with Gasteiger partial charge in [-0.3, -0.25) is 14.4 Å². The summed E-state index contributed by atoms with van der Waals surface area (Å²) >= 11 is 0. The summed E-state index contributed by atoms with van der Waals surface area (Å²) in [6.45, 7) is 2.96. The van der Waals surface area contributed by atoms with E-state index in [1.54, 1.807) is 0 Å². The normalized spacial score (nSPS) is 23.7. The van der Waals surface area contributed by atoms with E-state index in [-0.39, 0.29) is 35.1 Å². The maximum Gasteiger partial charge on any atom is 0.501 e. The molecule has 194 valence electrons. The maximum atomic E-state index is 12.8. The maximum absolute atomic E-state index is 12.8. The van der Waals surface area contributed by atoms with Gasteiger partial charge in [0.2, 0.25) is 0 Å². The molecule has 0 bridgehead atoms. The zero-order valence-corrected chi connectivity index (χ0v) is 19.9. The van der Waals surface area contributed by atoms with Crippen LogP contribution in [0.5, 0.6) is 0 Å². The molecule has 0 spiro atoms. The fourth-order valence-corrected chi connectivity index (χ4v) is 5.45. The van der Waals surface area contributed by atoms with Crippen LogP contribution in [0.4, 0.5) is 24.7 Å². The number of nitrogens with two attached hydrogens (primary N) is 1. The number of nitrogens with zero attached hydrogens (tertiary/aromatic N) is 4. The number of benzene rings is 1. The lowest BCUT2D eigenvalue weighted by molar-refractivity contribution is -0.0436. The molecule has 1 aromatic carbocycles. The summed E-state index contributed by atoms with van der Waals surface area (Å²) in [5.41, 5.74) is 0.329. The molecule has 2 fully saturated rings. The first-order valence-corrected chi connectivity index (χ1v) is 12.8. The van der Waals surface area contributed by atoms with Crippen LogP contribution < -0.4 is 11.1 Å². The van der Waals surface area contributed by atoms with Crippen molar-refractivity contribution in [1.82, 2.24) is 14.7 Å². The SMILES string of the molecule is N#C[C@H]1C[C@@H](N2CCOCC2)CCC1n1cc(C(N)=O)c(Nc2ccc(S(=O)(=O)C(F)(F)F)cc2)n1. The Morgan fingerprint density at radius 2 is 1.86 bits per heavy atom. The number of aromatic nitrogens is 2. The molecule has 2 aliphatic rings. The van der Waals surface area contributed by atoms with Crippen LogP contribution in [0.2, 0.25) is 0 Å². The number of carbonyl (C=O) groups excluding carboxylic acids is 1. The van der Waals surface area contributed by atoms with Gasteiger partial charge < -0.3 is 15.8 Å². The van der Waals surface area contributed by atoms with Gasteiger partial charge in [0.25, 0.3) is 15.7 Å². The number of morpholine rings is 1. The van der Waals surface area contributed by atoms with Crippen molar-refractivity contribution in [2.45, 2.75) is 41.7 Å². The van der Waals surface area contributed by atoms with E-state index in [1.165, 1.54) is 10.9 Å². The lowest BCUT2D eigenvalue weighted by atomic mass is 9.81. The third-order valence-corrected chi connectivity index (χ3v) is 8.09. The Morgan fingerprint density at radius 3 is 2.44 bits per heavy atom. The van der Waals surface area contributed by atoms with Crippen molar-refractivity contribution in [3.8, 4) is 6.07 Å². The first kappa shape index (κ1) is 25.9. The number of alkyl halides is 3. The number of rotatable bonds is 6. The molecule has 0 radical (unpaired) electrons. The van der Waals surface area contributed by atoms with Gasteiger partial charge in [-0.15, -0.1) is 0 Å². The van der Waals surface area contributed by atoms with Gasteiger partial charge in [-0.05, 0) is 43.5 Å². The van der Waals surface area contributed by atoms with Gasteiger partial charge >= 0.3 is 5.51 Å². The smallest absolute Gasteiger partial charge is 0.379 e. The molecule has 1 amide bonds. The number of nitrogens with one attached hydrogen (secondary N) is 1. The van der Waals surface area contributed by atoms with Crippen molar-refractivity contribution in [1.29, 1.82) is 5.26 Å². The molecular formula is C22H25F3N6O4S. The average Bonchev–Trinajstić information content (AvgIpc) is 3.27. The van der Waals surface area contributed by atoms with E-state index >= 15 is 0 Å². The number of anilines is 2. The molecule has 4 rings (SSSR count). The quantitative estimate of drug-likeness (QED) is 0.585. The fourth-order valence-electron chi connectivity index (χ4n) is 4.68. The summed E-state index contributed by atoms with van der Waals surface area (Å²) in [6, 6.07) is 6.21. The Balaban J connectivity index is 1.53. The van der Waals surface area contributed by atoms with Crippen LogP contribution in [0, 0.1) is 17.2 Å². The van der Waals surface area contributed by atoms with E-state index in [0.717, 1.165) is 43.8 Å². The molecule has 2 heterocycles. The number of hydrogen-bond donors (Lipinski definition) is 2. The second kappa shape index (κ2) is 10.1. The largest absolute Gasteiger partial charge is 0.501 e. The number of sulfone groups is 1. The Hall–Kier alpha value is -3.15. The first-order valence-electron chi connectivity index (χ1n) is 11.3. The van der Waals surface area contributed by atoms with Gasteiger partial charge in [-0.1, -0.05) is 0 Å². The second-order valence-corrected chi connectivity index (χ2v) is 10.7. The molecular weight excluding hydrogens is 501 g/mol. The minimum Gasteiger partial charge on any atom is -0.379 e. The Morgan fingerprint density at radius 1 is 1.19 bits per heavy atom. The number of ether oxygens (including phenoxy) is 1. The number of hydrogen-bond acceptors (Lipinski definition) is 8. The highest BCUT2D eigenvalue weighted by atomic mass is 32.2. The topological polar surface area (TPSA) is 143 Å². The van der Waals surface area contributed by atoms with Gasteiger partial charge in [0.1, 0.15) is 5.56 Å². The van der Waals surface area contributed by atoms with Crippen molar-refractivity contribution < 1.29 is 31.1 Å². The van der Waals surface area contributed by atoms with E-state index in [4.69, 9.17) is 10.5 Å². The van der Waals surface area contributed by atoms with Crippen molar-refractivity contribution in [3.63, 3.8) is 0 Å². The van der Waals surface area contributed by atoms with Crippen LogP contribution >= 0.6 is 0 Å². The first-order chi connectivity index (χ1) is 17.0. The van der Waals surface area contributed by atoms with E-state index in [0.29, 0.717) is 26.1 Å². The predicted molar refractivity (Wildman–Crippen MR) is 122 cm³/mol. The molecule has 14 heteroatoms. The summed E-state index contributed by atoms with van der Waals surface area (Å²) in [5, 5.41) is 17.1. The summed E-state index contributed by atoms with van der Waals surface area (Å²) in [5.74, 6) is -1.08. The van der Waals surface area contributed by atoms with Crippen molar-refractivity contribution in [2.75, 3.05) is 31.6 Å². The van der Waals surface area contributed by atoms with E-state index in [9.17, 15) is 31.6 Å². The van der Waals surface area contributed by atoms with E-state index in [2.05, 4.69) is 21.4 Å². The predicted octanol–water partition coefficient (Wildman–Crippen LogP) is 2.58. The van der Waals surface area contributed by atoms with Crippen LogP contribution in [-0.4, -0.2) is 66.9 Å². The number of carbonyl (C=O) groups is 1. The lowest BCUT2D eigenvalue weighted by Crippen LogP contribution is -2.46. The van der Waals surface area contributed by atoms with E-state index < -0.39 is 26.1 Å². The second-order valence-electron chi connectivity index (χ2n) is 8.75. The van der Waals surface area contributed by atoms with Gasteiger partial charge in [0.15, 0.2) is 5.82 Å². The average molecular weight is 527 g/mol. The summed E-state index contributed by atoms with van der Waals surface area (Å²) < 4.78 is 68.4. The molecule has 1 saturated heterocycles. The molecule has 1 aromatic heterocycles. The van der Waals surface area contributed by atoms with Crippen molar-refractivity contribution >= 4 is 27.2 Å². The zero-order chi connectivity index (χ0) is 26.1. The number of nitriles is 1. The Kier molecular flexibility index (Phi) is 7.26.